The number of thioether (sulfide) groups is 1. The Balaban J connectivity index is 1.71. The molecular formula is C18H23N3OS. The Hall–Kier alpha value is -1.75. The molecule has 1 fully saturated rings. The lowest BCUT2D eigenvalue weighted by Gasteiger charge is -2.20. The maximum atomic E-state index is 12.1. The van der Waals surface area contributed by atoms with Crippen LogP contribution in [0.25, 0.3) is 6.08 Å². The van der Waals surface area contributed by atoms with Gasteiger partial charge in [-0.1, -0.05) is 12.1 Å². The number of hydrogen-bond acceptors (Lipinski definition) is 4. The number of carbonyl (C=O) groups excluding carboxylic acids is 1. The zero-order chi connectivity index (χ0) is 16.2. The van der Waals surface area contributed by atoms with Gasteiger partial charge in [-0.2, -0.15) is 4.99 Å². The summed E-state index contributed by atoms with van der Waals surface area (Å²) in [5, 5.41) is 0.874. The average molecular weight is 329 g/mol. The van der Waals surface area contributed by atoms with Gasteiger partial charge in [-0.3, -0.25) is 4.79 Å². The summed E-state index contributed by atoms with van der Waals surface area (Å²) in [5.41, 5.74) is 2.27. The molecule has 0 aliphatic carbocycles. The van der Waals surface area contributed by atoms with Crippen molar-refractivity contribution < 1.29 is 4.79 Å². The molecule has 0 bridgehead atoms. The van der Waals surface area contributed by atoms with Crippen molar-refractivity contribution in [2.75, 3.05) is 31.1 Å². The lowest BCUT2D eigenvalue weighted by Crippen LogP contribution is -2.23. The highest BCUT2D eigenvalue weighted by Gasteiger charge is 2.27. The molecule has 0 saturated carbocycles. The molecular weight excluding hydrogens is 306 g/mol. The number of anilines is 1. The predicted octanol–water partition coefficient (Wildman–Crippen LogP) is 3.60. The average Bonchev–Trinajstić information content (AvgIpc) is 3.21. The number of hydrogen-bond donors (Lipinski definition) is 0. The fraction of sp³-hybridized carbons (Fsp3) is 0.444. The maximum Gasteiger partial charge on any atom is 0.286 e. The van der Waals surface area contributed by atoms with Crippen LogP contribution >= 0.6 is 11.8 Å². The molecule has 4 nitrogen and oxygen atoms in total. The number of aliphatic imine (C=N–C) groups is 1. The summed E-state index contributed by atoms with van der Waals surface area (Å²) in [6.45, 7) is 8.35. The van der Waals surface area contributed by atoms with Gasteiger partial charge in [0.05, 0.1) is 4.91 Å². The summed E-state index contributed by atoms with van der Waals surface area (Å²) < 4.78 is 0. The first-order valence-electron chi connectivity index (χ1n) is 8.33. The van der Waals surface area contributed by atoms with Crippen molar-refractivity contribution in [3.63, 3.8) is 0 Å². The van der Waals surface area contributed by atoms with Crippen LogP contribution < -0.4 is 4.90 Å². The van der Waals surface area contributed by atoms with Gasteiger partial charge in [0.25, 0.3) is 5.91 Å². The Morgan fingerprint density at radius 1 is 1.17 bits per heavy atom. The largest absolute Gasteiger partial charge is 0.372 e. The molecule has 1 aromatic carbocycles. The van der Waals surface area contributed by atoms with Gasteiger partial charge in [0.1, 0.15) is 0 Å². The van der Waals surface area contributed by atoms with E-state index in [2.05, 4.69) is 52.9 Å². The van der Waals surface area contributed by atoms with Gasteiger partial charge in [0.15, 0.2) is 5.17 Å². The van der Waals surface area contributed by atoms with E-state index in [0.717, 1.165) is 41.8 Å². The van der Waals surface area contributed by atoms with Gasteiger partial charge in [0, 0.05) is 31.9 Å². The second kappa shape index (κ2) is 7.21. The molecule has 1 aromatic rings. The summed E-state index contributed by atoms with van der Waals surface area (Å²) in [4.78, 5) is 21.6. The van der Waals surface area contributed by atoms with E-state index in [4.69, 9.17) is 0 Å². The van der Waals surface area contributed by atoms with Crippen LogP contribution in [-0.2, 0) is 4.79 Å². The molecule has 122 valence electrons. The van der Waals surface area contributed by atoms with Crippen molar-refractivity contribution in [3.05, 3.63) is 34.7 Å². The quantitative estimate of drug-likeness (QED) is 0.791. The van der Waals surface area contributed by atoms with Gasteiger partial charge in [-0.25, -0.2) is 0 Å². The topological polar surface area (TPSA) is 35.9 Å². The molecule has 1 amide bonds. The van der Waals surface area contributed by atoms with Gasteiger partial charge in [0.2, 0.25) is 0 Å². The van der Waals surface area contributed by atoms with Crippen molar-refractivity contribution in [3.8, 4) is 0 Å². The Morgan fingerprint density at radius 2 is 1.83 bits per heavy atom. The zero-order valence-corrected chi connectivity index (χ0v) is 14.6. The number of likely N-dealkylation sites (tertiary alicyclic amines) is 1. The SMILES string of the molecule is CCN(CC)c1ccc(C=C2SC(N3CCCC3)=NC2=O)cc1. The van der Waals surface area contributed by atoms with E-state index >= 15 is 0 Å². The van der Waals surface area contributed by atoms with Crippen LogP contribution in [0, 0.1) is 0 Å². The lowest BCUT2D eigenvalue weighted by molar-refractivity contribution is -0.113. The van der Waals surface area contributed by atoms with Crippen LogP contribution in [0.3, 0.4) is 0 Å². The molecule has 0 aromatic heterocycles. The zero-order valence-electron chi connectivity index (χ0n) is 13.8. The summed E-state index contributed by atoms with van der Waals surface area (Å²) >= 11 is 1.51. The molecule has 2 heterocycles. The fourth-order valence-corrected chi connectivity index (χ4v) is 3.93. The highest BCUT2D eigenvalue weighted by molar-refractivity contribution is 8.18. The normalized spacial score (nSPS) is 19.6. The van der Waals surface area contributed by atoms with Gasteiger partial charge in [-0.15, -0.1) is 0 Å². The van der Waals surface area contributed by atoms with Crippen molar-refractivity contribution in [2.24, 2.45) is 4.99 Å². The number of benzene rings is 1. The standard InChI is InChI=1S/C18H23N3OS/c1-3-20(4-2)15-9-7-14(8-10-15)13-16-17(22)19-18(23-16)21-11-5-6-12-21/h7-10,13H,3-6,11-12H2,1-2H3. The van der Waals surface area contributed by atoms with Crippen molar-refractivity contribution in [1.29, 1.82) is 0 Å². The highest BCUT2D eigenvalue weighted by atomic mass is 32.2. The Bertz CT molecular complexity index is 626. The molecule has 5 heteroatoms. The van der Waals surface area contributed by atoms with Crippen molar-refractivity contribution >= 4 is 34.6 Å². The van der Waals surface area contributed by atoms with Crippen molar-refractivity contribution in [2.45, 2.75) is 26.7 Å². The Kier molecular flexibility index (Phi) is 5.06. The van der Waals surface area contributed by atoms with Crippen molar-refractivity contribution in [1.82, 2.24) is 4.90 Å². The summed E-state index contributed by atoms with van der Waals surface area (Å²) in [6.07, 6.45) is 4.34. The molecule has 0 spiro atoms. The van der Waals surface area contributed by atoms with E-state index < -0.39 is 0 Å². The van der Waals surface area contributed by atoms with Crippen LogP contribution in [0.1, 0.15) is 32.3 Å². The lowest BCUT2D eigenvalue weighted by atomic mass is 10.2. The van der Waals surface area contributed by atoms with E-state index in [0.29, 0.717) is 0 Å². The number of rotatable bonds is 4. The Morgan fingerprint density at radius 3 is 2.43 bits per heavy atom. The molecule has 23 heavy (non-hydrogen) atoms. The first-order valence-corrected chi connectivity index (χ1v) is 9.15. The van der Waals surface area contributed by atoms with E-state index in [1.54, 1.807) is 0 Å². The summed E-state index contributed by atoms with van der Waals surface area (Å²) in [5.74, 6) is -0.107. The number of amidine groups is 1. The molecule has 0 atom stereocenters. The van der Waals surface area contributed by atoms with Crippen LogP contribution in [-0.4, -0.2) is 42.2 Å². The first kappa shape index (κ1) is 16.1. The van der Waals surface area contributed by atoms with E-state index in [1.807, 2.05) is 6.08 Å². The second-order valence-electron chi connectivity index (χ2n) is 5.77. The fourth-order valence-electron chi connectivity index (χ4n) is 2.96. The number of nitrogens with zero attached hydrogens (tertiary/aromatic N) is 3. The molecule has 3 rings (SSSR count). The smallest absolute Gasteiger partial charge is 0.286 e. The molecule has 0 radical (unpaired) electrons. The predicted molar refractivity (Wildman–Crippen MR) is 98.8 cm³/mol. The summed E-state index contributed by atoms with van der Waals surface area (Å²) in [7, 11) is 0. The molecule has 0 unspecified atom stereocenters. The third-order valence-corrected chi connectivity index (χ3v) is 5.35. The van der Waals surface area contributed by atoms with Crippen LogP contribution in [0.4, 0.5) is 5.69 Å². The van der Waals surface area contributed by atoms with E-state index in [9.17, 15) is 4.79 Å². The number of carbonyl (C=O) groups is 1. The van der Waals surface area contributed by atoms with Crippen LogP contribution in [0.15, 0.2) is 34.2 Å². The third-order valence-electron chi connectivity index (χ3n) is 4.31. The van der Waals surface area contributed by atoms with E-state index in [-0.39, 0.29) is 5.91 Å². The van der Waals surface area contributed by atoms with Gasteiger partial charge in [-0.05, 0) is 62.2 Å². The van der Waals surface area contributed by atoms with E-state index in [1.165, 1.54) is 30.3 Å². The van der Waals surface area contributed by atoms with Gasteiger partial charge >= 0.3 is 0 Å². The second-order valence-corrected chi connectivity index (χ2v) is 6.78. The molecule has 2 aliphatic heterocycles. The maximum absolute atomic E-state index is 12.1. The minimum atomic E-state index is -0.107. The minimum absolute atomic E-state index is 0.107. The van der Waals surface area contributed by atoms with Crippen LogP contribution in [0.2, 0.25) is 0 Å². The highest BCUT2D eigenvalue weighted by Crippen LogP contribution is 2.31. The number of amides is 1. The summed E-state index contributed by atoms with van der Waals surface area (Å²) in [6, 6.07) is 8.38. The van der Waals surface area contributed by atoms with Gasteiger partial charge < -0.3 is 9.80 Å². The Labute approximate surface area is 142 Å². The minimum Gasteiger partial charge on any atom is -0.372 e. The monoisotopic (exact) mass is 329 g/mol. The molecule has 0 N–H and O–H groups in total. The molecule has 1 saturated heterocycles. The third kappa shape index (κ3) is 3.61. The van der Waals surface area contributed by atoms with Crippen LogP contribution in [0.5, 0.6) is 0 Å². The molecule has 2 aliphatic rings. The first-order chi connectivity index (χ1) is 11.2.